The summed E-state index contributed by atoms with van der Waals surface area (Å²) in [6, 6.07) is 10.5. The third kappa shape index (κ3) is 5.53. The van der Waals surface area contributed by atoms with Crippen LogP contribution in [0.5, 0.6) is 0 Å². The molecule has 1 aromatic carbocycles. The maximum absolute atomic E-state index is 5.34. The summed E-state index contributed by atoms with van der Waals surface area (Å²) in [5, 5.41) is 3.37. The second kappa shape index (κ2) is 9.26. The molecule has 0 aliphatic carbocycles. The lowest BCUT2D eigenvalue weighted by Gasteiger charge is -2.22. The summed E-state index contributed by atoms with van der Waals surface area (Å²) >= 11 is 0. The Morgan fingerprint density at radius 1 is 1.32 bits per heavy atom. The fourth-order valence-electron chi connectivity index (χ4n) is 2.50. The first-order valence-electron chi connectivity index (χ1n) is 8.08. The van der Waals surface area contributed by atoms with E-state index in [1.54, 1.807) is 0 Å². The molecule has 1 aliphatic rings. The molecular weight excluding hydrogens is 274 g/mol. The summed E-state index contributed by atoms with van der Waals surface area (Å²) in [6.07, 6.45) is 4.27. The molecule has 0 aromatic heterocycles. The SMILES string of the molecule is CCNC(=NCCC1=CCOCC1)N(C)Cc1ccccc1. The summed E-state index contributed by atoms with van der Waals surface area (Å²) in [5.41, 5.74) is 2.76. The van der Waals surface area contributed by atoms with Crippen molar-refractivity contribution in [1.82, 2.24) is 10.2 Å². The molecule has 0 spiro atoms. The van der Waals surface area contributed by atoms with Crippen molar-refractivity contribution in [3.05, 3.63) is 47.5 Å². The largest absolute Gasteiger partial charge is 0.377 e. The Labute approximate surface area is 133 Å². The zero-order chi connectivity index (χ0) is 15.6. The number of benzene rings is 1. The first-order valence-corrected chi connectivity index (χ1v) is 8.08. The Morgan fingerprint density at radius 3 is 2.82 bits per heavy atom. The molecule has 0 fully saturated rings. The minimum Gasteiger partial charge on any atom is -0.377 e. The Bertz CT molecular complexity index is 496. The molecule has 1 N–H and O–H groups in total. The predicted molar refractivity (Wildman–Crippen MR) is 92.0 cm³/mol. The van der Waals surface area contributed by atoms with Gasteiger partial charge in [-0.3, -0.25) is 4.99 Å². The quantitative estimate of drug-likeness (QED) is 0.499. The first-order chi connectivity index (χ1) is 10.8. The fourth-order valence-corrected chi connectivity index (χ4v) is 2.50. The third-order valence-corrected chi connectivity index (χ3v) is 3.71. The van der Waals surface area contributed by atoms with E-state index in [1.807, 2.05) is 6.07 Å². The smallest absolute Gasteiger partial charge is 0.193 e. The maximum Gasteiger partial charge on any atom is 0.193 e. The standard InChI is InChI=1S/C18H27N3O/c1-3-19-18(20-12-9-16-10-13-22-14-11-16)21(2)15-17-7-5-4-6-8-17/h4-8,10H,3,9,11-15H2,1-2H3,(H,19,20). The second-order valence-corrected chi connectivity index (χ2v) is 5.51. The van der Waals surface area contributed by atoms with E-state index >= 15 is 0 Å². The van der Waals surface area contributed by atoms with Crippen LogP contribution in [0.4, 0.5) is 0 Å². The van der Waals surface area contributed by atoms with E-state index < -0.39 is 0 Å². The zero-order valence-corrected chi connectivity index (χ0v) is 13.7. The summed E-state index contributed by atoms with van der Waals surface area (Å²) in [6.45, 7) is 6.29. The molecule has 1 aromatic rings. The number of ether oxygens (including phenoxy) is 1. The zero-order valence-electron chi connectivity index (χ0n) is 13.7. The van der Waals surface area contributed by atoms with Crippen molar-refractivity contribution in [2.75, 3.05) is 33.4 Å². The summed E-state index contributed by atoms with van der Waals surface area (Å²) in [5.74, 6) is 0.971. The van der Waals surface area contributed by atoms with Gasteiger partial charge < -0.3 is 15.0 Å². The highest BCUT2D eigenvalue weighted by Gasteiger charge is 2.07. The molecule has 0 saturated carbocycles. The molecule has 0 amide bonds. The Morgan fingerprint density at radius 2 is 2.14 bits per heavy atom. The molecule has 0 radical (unpaired) electrons. The van der Waals surface area contributed by atoms with E-state index in [0.29, 0.717) is 0 Å². The van der Waals surface area contributed by atoms with Gasteiger partial charge in [-0.15, -0.1) is 0 Å². The molecule has 0 saturated heterocycles. The molecule has 0 bridgehead atoms. The lowest BCUT2D eigenvalue weighted by Crippen LogP contribution is -2.38. The Balaban J connectivity index is 1.89. The molecule has 120 valence electrons. The number of hydrogen-bond acceptors (Lipinski definition) is 2. The van der Waals surface area contributed by atoms with Gasteiger partial charge in [0.05, 0.1) is 13.2 Å². The Hall–Kier alpha value is -1.81. The summed E-state index contributed by atoms with van der Waals surface area (Å²) < 4.78 is 5.34. The second-order valence-electron chi connectivity index (χ2n) is 5.51. The average Bonchev–Trinajstić information content (AvgIpc) is 2.56. The fraction of sp³-hybridized carbons (Fsp3) is 0.500. The van der Waals surface area contributed by atoms with Crippen molar-refractivity contribution in [2.45, 2.75) is 26.3 Å². The van der Waals surface area contributed by atoms with Crippen LogP contribution in [-0.2, 0) is 11.3 Å². The van der Waals surface area contributed by atoms with Gasteiger partial charge in [0.1, 0.15) is 0 Å². The lowest BCUT2D eigenvalue weighted by atomic mass is 10.1. The van der Waals surface area contributed by atoms with Gasteiger partial charge in [-0.05, 0) is 25.3 Å². The molecule has 1 aliphatic heterocycles. The van der Waals surface area contributed by atoms with E-state index in [-0.39, 0.29) is 0 Å². The monoisotopic (exact) mass is 301 g/mol. The van der Waals surface area contributed by atoms with Crippen molar-refractivity contribution in [3.63, 3.8) is 0 Å². The van der Waals surface area contributed by atoms with E-state index in [2.05, 4.69) is 54.5 Å². The van der Waals surface area contributed by atoms with Crippen molar-refractivity contribution in [1.29, 1.82) is 0 Å². The lowest BCUT2D eigenvalue weighted by molar-refractivity contribution is 0.153. The molecular formula is C18H27N3O. The van der Waals surface area contributed by atoms with Crippen LogP contribution in [0, 0.1) is 0 Å². The normalized spacial score (nSPS) is 15.4. The van der Waals surface area contributed by atoms with Gasteiger partial charge >= 0.3 is 0 Å². The highest BCUT2D eigenvalue weighted by atomic mass is 16.5. The van der Waals surface area contributed by atoms with Crippen LogP contribution in [0.1, 0.15) is 25.3 Å². The minimum absolute atomic E-state index is 0.757. The number of nitrogens with zero attached hydrogens (tertiary/aromatic N) is 2. The summed E-state index contributed by atoms with van der Waals surface area (Å²) in [4.78, 5) is 6.93. The van der Waals surface area contributed by atoms with Crippen molar-refractivity contribution in [3.8, 4) is 0 Å². The van der Waals surface area contributed by atoms with Gasteiger partial charge in [-0.1, -0.05) is 42.0 Å². The number of hydrogen-bond donors (Lipinski definition) is 1. The number of guanidine groups is 1. The van der Waals surface area contributed by atoms with Gasteiger partial charge in [0.25, 0.3) is 0 Å². The van der Waals surface area contributed by atoms with Gasteiger partial charge in [-0.2, -0.15) is 0 Å². The molecule has 1 heterocycles. The topological polar surface area (TPSA) is 36.9 Å². The van der Waals surface area contributed by atoms with Gasteiger partial charge in [0.2, 0.25) is 0 Å². The number of rotatable bonds is 6. The van der Waals surface area contributed by atoms with Crippen LogP contribution >= 0.6 is 0 Å². The number of nitrogens with one attached hydrogen (secondary N) is 1. The molecule has 0 unspecified atom stereocenters. The summed E-state index contributed by atoms with van der Waals surface area (Å²) in [7, 11) is 2.09. The van der Waals surface area contributed by atoms with Crippen molar-refractivity contribution in [2.24, 2.45) is 4.99 Å². The highest BCUT2D eigenvalue weighted by Crippen LogP contribution is 2.11. The van der Waals surface area contributed by atoms with Gasteiger partial charge in [0.15, 0.2) is 5.96 Å². The van der Waals surface area contributed by atoms with E-state index in [9.17, 15) is 0 Å². The molecule has 4 nitrogen and oxygen atoms in total. The molecule has 4 heteroatoms. The van der Waals surface area contributed by atoms with Crippen LogP contribution in [0.3, 0.4) is 0 Å². The number of aliphatic imine (C=N–C) groups is 1. The Kier molecular flexibility index (Phi) is 6.97. The van der Waals surface area contributed by atoms with Crippen LogP contribution in [0.25, 0.3) is 0 Å². The van der Waals surface area contributed by atoms with Crippen molar-refractivity contribution >= 4 is 5.96 Å². The maximum atomic E-state index is 5.34. The van der Waals surface area contributed by atoms with E-state index in [4.69, 9.17) is 9.73 Å². The van der Waals surface area contributed by atoms with Crippen molar-refractivity contribution < 1.29 is 4.74 Å². The first kappa shape index (κ1) is 16.6. The van der Waals surface area contributed by atoms with Crippen LogP contribution in [0.2, 0.25) is 0 Å². The molecule has 0 atom stereocenters. The molecule has 2 rings (SSSR count). The average molecular weight is 301 g/mol. The van der Waals surface area contributed by atoms with Gasteiger partial charge in [-0.25, -0.2) is 0 Å². The van der Waals surface area contributed by atoms with Gasteiger partial charge in [0, 0.05) is 26.7 Å². The van der Waals surface area contributed by atoms with Crippen LogP contribution in [0.15, 0.2) is 47.0 Å². The minimum atomic E-state index is 0.757. The van der Waals surface area contributed by atoms with Crippen LogP contribution in [-0.4, -0.2) is 44.2 Å². The third-order valence-electron chi connectivity index (χ3n) is 3.71. The predicted octanol–water partition coefficient (Wildman–Crippen LogP) is 2.82. The van der Waals surface area contributed by atoms with E-state index in [1.165, 1.54) is 11.1 Å². The molecule has 22 heavy (non-hydrogen) atoms. The van der Waals surface area contributed by atoms with E-state index in [0.717, 1.165) is 51.6 Å². The van der Waals surface area contributed by atoms with Crippen LogP contribution < -0.4 is 5.32 Å². The highest BCUT2D eigenvalue weighted by molar-refractivity contribution is 5.79.